The number of nitrogens with one attached hydrogen (secondary N) is 2. The lowest BCUT2D eigenvalue weighted by Crippen LogP contribution is -2.48. The lowest BCUT2D eigenvalue weighted by molar-refractivity contribution is -0.118. The van der Waals surface area contributed by atoms with E-state index in [1.807, 2.05) is 60.7 Å². The predicted molar refractivity (Wildman–Crippen MR) is 153 cm³/mol. The second-order valence-electron chi connectivity index (χ2n) is 9.45. The summed E-state index contributed by atoms with van der Waals surface area (Å²) < 4.78 is 17.7. The molecule has 1 atom stereocenters. The Morgan fingerprint density at radius 3 is 2.05 bits per heavy atom. The summed E-state index contributed by atoms with van der Waals surface area (Å²) in [5.41, 5.74) is 2.23. The quantitative estimate of drug-likeness (QED) is 0.305. The summed E-state index contributed by atoms with van der Waals surface area (Å²) >= 11 is 0. The van der Waals surface area contributed by atoms with Crippen LogP contribution < -0.4 is 16.2 Å². The van der Waals surface area contributed by atoms with Crippen molar-refractivity contribution in [2.45, 2.75) is 12.0 Å². The van der Waals surface area contributed by atoms with Crippen LogP contribution in [0.4, 0.5) is 10.1 Å². The number of hydrogen-bond acceptors (Lipinski definition) is 5. The SMILES string of the molecule is Cn1nccc1C(=O)NC(C(=O)Nc1ccc(-c2ccc(=O)n(C)n2)c(F)c1)C(c1ccccc1)c1ccccc1. The van der Waals surface area contributed by atoms with Crippen molar-refractivity contribution in [2.24, 2.45) is 14.1 Å². The minimum absolute atomic E-state index is 0.172. The first-order valence-electron chi connectivity index (χ1n) is 12.9. The molecule has 0 aliphatic rings. The lowest BCUT2D eigenvalue weighted by Gasteiger charge is -2.28. The van der Waals surface area contributed by atoms with Crippen LogP contribution in [-0.2, 0) is 18.9 Å². The van der Waals surface area contributed by atoms with Crippen molar-refractivity contribution in [3.05, 3.63) is 136 Å². The molecule has 0 bridgehead atoms. The minimum Gasteiger partial charge on any atom is -0.338 e. The molecule has 41 heavy (non-hydrogen) atoms. The average Bonchev–Trinajstić information content (AvgIpc) is 3.41. The van der Waals surface area contributed by atoms with Crippen molar-refractivity contribution in [1.29, 1.82) is 0 Å². The van der Waals surface area contributed by atoms with Gasteiger partial charge in [0, 0.05) is 43.5 Å². The van der Waals surface area contributed by atoms with Gasteiger partial charge in [-0.25, -0.2) is 9.07 Å². The summed E-state index contributed by atoms with van der Waals surface area (Å²) in [7, 11) is 3.12. The predicted octanol–water partition coefficient (Wildman–Crippen LogP) is 3.89. The highest BCUT2D eigenvalue weighted by molar-refractivity contribution is 6.01. The first-order valence-corrected chi connectivity index (χ1v) is 12.9. The van der Waals surface area contributed by atoms with Crippen molar-refractivity contribution in [3.63, 3.8) is 0 Å². The zero-order chi connectivity index (χ0) is 28.9. The number of hydrogen-bond donors (Lipinski definition) is 2. The van der Waals surface area contributed by atoms with Crippen LogP contribution in [0.3, 0.4) is 0 Å². The number of carbonyl (C=O) groups excluding carboxylic acids is 2. The Morgan fingerprint density at radius 2 is 1.49 bits per heavy atom. The molecule has 0 aliphatic carbocycles. The van der Waals surface area contributed by atoms with Gasteiger partial charge < -0.3 is 10.6 Å². The number of rotatable bonds is 8. The Balaban J connectivity index is 1.51. The highest BCUT2D eigenvalue weighted by atomic mass is 19.1. The van der Waals surface area contributed by atoms with Gasteiger partial charge in [-0.05, 0) is 41.5 Å². The molecule has 9 nitrogen and oxygen atoms in total. The van der Waals surface area contributed by atoms with Crippen molar-refractivity contribution < 1.29 is 14.0 Å². The molecular weight excluding hydrogens is 523 g/mol. The van der Waals surface area contributed by atoms with E-state index in [1.54, 1.807) is 19.2 Å². The summed E-state index contributed by atoms with van der Waals surface area (Å²) in [6.45, 7) is 0. The van der Waals surface area contributed by atoms with E-state index in [2.05, 4.69) is 20.8 Å². The molecule has 0 spiro atoms. The molecule has 2 heterocycles. The van der Waals surface area contributed by atoms with Gasteiger partial charge in [-0.15, -0.1) is 0 Å². The zero-order valence-electron chi connectivity index (χ0n) is 22.4. The number of benzene rings is 3. The van der Waals surface area contributed by atoms with E-state index in [9.17, 15) is 14.4 Å². The smallest absolute Gasteiger partial charge is 0.270 e. The van der Waals surface area contributed by atoms with E-state index >= 15 is 4.39 Å². The lowest BCUT2D eigenvalue weighted by atomic mass is 9.84. The van der Waals surface area contributed by atoms with Crippen molar-refractivity contribution >= 4 is 17.5 Å². The molecule has 2 aromatic heterocycles. The van der Waals surface area contributed by atoms with Crippen molar-refractivity contribution in [1.82, 2.24) is 24.9 Å². The van der Waals surface area contributed by atoms with E-state index in [1.165, 1.54) is 42.2 Å². The third-order valence-electron chi connectivity index (χ3n) is 6.75. The Labute approximate surface area is 235 Å². The van der Waals surface area contributed by atoms with E-state index in [0.717, 1.165) is 15.8 Å². The normalized spacial score (nSPS) is 11.7. The summed E-state index contributed by atoms with van der Waals surface area (Å²) in [4.78, 5) is 38.9. The highest BCUT2D eigenvalue weighted by Crippen LogP contribution is 2.30. The van der Waals surface area contributed by atoms with Gasteiger partial charge in [-0.2, -0.15) is 10.2 Å². The van der Waals surface area contributed by atoms with Gasteiger partial charge in [-0.3, -0.25) is 19.1 Å². The third-order valence-corrected chi connectivity index (χ3v) is 6.75. The van der Waals surface area contributed by atoms with Gasteiger partial charge in [-0.1, -0.05) is 60.7 Å². The zero-order valence-corrected chi connectivity index (χ0v) is 22.4. The molecule has 0 saturated carbocycles. The molecular formula is C31H27FN6O3. The summed E-state index contributed by atoms with van der Waals surface area (Å²) in [5, 5.41) is 13.8. The number of carbonyl (C=O) groups is 2. The number of amides is 2. The Morgan fingerprint density at radius 1 is 0.829 bits per heavy atom. The number of aromatic nitrogens is 4. The van der Waals surface area contributed by atoms with E-state index in [-0.39, 0.29) is 28.2 Å². The van der Waals surface area contributed by atoms with Crippen LogP contribution in [0, 0.1) is 5.82 Å². The molecule has 0 aliphatic heterocycles. The van der Waals surface area contributed by atoms with Crippen LogP contribution in [-0.4, -0.2) is 37.4 Å². The fourth-order valence-electron chi connectivity index (χ4n) is 4.68. The maximum Gasteiger partial charge on any atom is 0.270 e. The Kier molecular flexibility index (Phi) is 7.82. The maximum absolute atomic E-state index is 15.2. The van der Waals surface area contributed by atoms with Gasteiger partial charge in [0.05, 0.1) is 5.69 Å². The molecule has 5 aromatic rings. The van der Waals surface area contributed by atoms with Gasteiger partial charge in [0.25, 0.3) is 11.5 Å². The van der Waals surface area contributed by atoms with Crippen LogP contribution >= 0.6 is 0 Å². The molecule has 1 unspecified atom stereocenters. The summed E-state index contributed by atoms with van der Waals surface area (Å²) in [5.74, 6) is -2.21. The molecule has 0 radical (unpaired) electrons. The standard InChI is InChI=1S/C31H27FN6O3/c1-37-26(17-18-33-37)30(40)35-29(28(20-9-5-3-6-10-20)21-11-7-4-8-12-21)31(41)34-22-13-14-23(24(32)19-22)25-15-16-27(39)38(2)36-25/h3-19,28-29H,1-2H3,(H,34,41)(H,35,40). The second-order valence-corrected chi connectivity index (χ2v) is 9.45. The van der Waals surface area contributed by atoms with Gasteiger partial charge >= 0.3 is 0 Å². The van der Waals surface area contributed by atoms with Crippen LogP contribution in [0.15, 0.2) is 108 Å². The first kappa shape index (κ1) is 27.2. The largest absolute Gasteiger partial charge is 0.338 e. The number of aryl methyl sites for hydroxylation is 2. The van der Waals surface area contributed by atoms with Crippen molar-refractivity contribution in [2.75, 3.05) is 5.32 Å². The molecule has 206 valence electrons. The minimum atomic E-state index is -1.07. The summed E-state index contributed by atoms with van der Waals surface area (Å²) in [6, 6.07) is 26.2. The second kappa shape index (κ2) is 11.8. The molecule has 5 rings (SSSR count). The number of nitrogens with zero attached hydrogens (tertiary/aromatic N) is 4. The maximum atomic E-state index is 15.2. The van der Waals surface area contributed by atoms with Gasteiger partial charge in [0.1, 0.15) is 17.6 Å². The molecule has 10 heteroatoms. The van der Waals surface area contributed by atoms with Gasteiger partial charge in [0.2, 0.25) is 5.91 Å². The first-order chi connectivity index (χ1) is 19.8. The van der Waals surface area contributed by atoms with Gasteiger partial charge in [0.15, 0.2) is 0 Å². The third kappa shape index (κ3) is 5.96. The fourth-order valence-corrected chi connectivity index (χ4v) is 4.68. The summed E-state index contributed by atoms with van der Waals surface area (Å²) in [6.07, 6.45) is 1.50. The van der Waals surface area contributed by atoms with Crippen LogP contribution in [0.1, 0.15) is 27.5 Å². The topological polar surface area (TPSA) is 111 Å². The molecule has 2 amide bonds. The fraction of sp³-hybridized carbons (Fsp3) is 0.129. The average molecular weight is 551 g/mol. The number of anilines is 1. The van der Waals surface area contributed by atoms with Crippen LogP contribution in [0.25, 0.3) is 11.3 Å². The van der Waals surface area contributed by atoms with E-state index in [4.69, 9.17) is 0 Å². The number of halogens is 1. The Hall–Kier alpha value is -5.38. The molecule has 0 saturated heterocycles. The van der Waals surface area contributed by atoms with E-state index < -0.39 is 29.6 Å². The van der Waals surface area contributed by atoms with Crippen molar-refractivity contribution in [3.8, 4) is 11.3 Å². The Bertz CT molecular complexity index is 1710. The molecule has 2 N–H and O–H groups in total. The van der Waals surface area contributed by atoms with E-state index in [0.29, 0.717) is 0 Å². The monoisotopic (exact) mass is 550 g/mol. The molecule has 0 fully saturated rings. The molecule has 3 aromatic carbocycles. The highest BCUT2D eigenvalue weighted by Gasteiger charge is 2.33. The van der Waals surface area contributed by atoms with Crippen LogP contribution in [0.5, 0.6) is 0 Å². The van der Waals surface area contributed by atoms with Crippen LogP contribution in [0.2, 0.25) is 0 Å².